The van der Waals surface area contributed by atoms with Gasteiger partial charge < -0.3 is 14.8 Å². The van der Waals surface area contributed by atoms with E-state index >= 15 is 0 Å². The third-order valence-electron chi connectivity index (χ3n) is 5.48. The zero-order chi connectivity index (χ0) is 28.1. The smallest absolute Gasteiger partial charge is 0.282 e. The molecule has 8 nitrogen and oxygen atoms in total. The number of nitrogens with one attached hydrogen (secondary N) is 1. The second kappa shape index (κ2) is 12.6. The van der Waals surface area contributed by atoms with E-state index in [9.17, 15) is 9.59 Å². The quantitative estimate of drug-likeness (QED) is 0.203. The highest BCUT2D eigenvalue weighted by atomic mass is 79.9. The summed E-state index contributed by atoms with van der Waals surface area (Å²) in [5, 5.41) is 8.41. The lowest BCUT2D eigenvalue weighted by Crippen LogP contribution is -2.23. The van der Waals surface area contributed by atoms with Crippen LogP contribution in [0, 0.1) is 0 Å². The van der Waals surface area contributed by atoms with Gasteiger partial charge in [0.25, 0.3) is 11.5 Å². The molecule has 39 heavy (non-hydrogen) atoms. The van der Waals surface area contributed by atoms with Gasteiger partial charge >= 0.3 is 0 Å². The molecule has 1 amide bonds. The van der Waals surface area contributed by atoms with E-state index in [1.807, 2.05) is 26.8 Å². The molecule has 202 valence electrons. The molecule has 4 aromatic rings. The number of carbonyl (C=O) groups is 1. The molecule has 0 aliphatic rings. The monoisotopic (exact) mass is 630 g/mol. The SMILES string of the molecule is CCOc1cc(C=Nn2c(C(C)C)nc3ccc(Br)cc3c2=O)cc(Cl)c1OCC(=O)Nc1ccc(Cl)cc1. The van der Waals surface area contributed by atoms with Crippen molar-refractivity contribution in [3.05, 3.63) is 90.9 Å². The number of amides is 1. The molecule has 1 heterocycles. The molecule has 11 heteroatoms. The van der Waals surface area contributed by atoms with Crippen molar-refractivity contribution >= 4 is 67.8 Å². The molecule has 0 unspecified atom stereocenters. The molecule has 0 aliphatic carbocycles. The summed E-state index contributed by atoms with van der Waals surface area (Å²) in [7, 11) is 0. The Balaban J connectivity index is 1.60. The first-order valence-electron chi connectivity index (χ1n) is 12.1. The Morgan fingerprint density at radius 2 is 1.87 bits per heavy atom. The van der Waals surface area contributed by atoms with Gasteiger partial charge in [0.15, 0.2) is 18.1 Å². The highest BCUT2D eigenvalue weighted by Gasteiger charge is 2.16. The molecule has 1 N–H and O–H groups in total. The van der Waals surface area contributed by atoms with E-state index in [2.05, 4.69) is 31.3 Å². The van der Waals surface area contributed by atoms with Crippen LogP contribution >= 0.6 is 39.1 Å². The Bertz CT molecular complexity index is 1600. The van der Waals surface area contributed by atoms with E-state index in [4.69, 9.17) is 32.7 Å². The van der Waals surface area contributed by atoms with Gasteiger partial charge in [-0.15, -0.1) is 0 Å². The van der Waals surface area contributed by atoms with Crippen molar-refractivity contribution in [2.75, 3.05) is 18.5 Å². The molecule has 4 rings (SSSR count). The van der Waals surface area contributed by atoms with Gasteiger partial charge in [-0.1, -0.05) is 53.0 Å². The van der Waals surface area contributed by atoms with Crippen molar-refractivity contribution in [2.45, 2.75) is 26.7 Å². The molecule has 3 aromatic carbocycles. The van der Waals surface area contributed by atoms with Crippen LogP contribution in [0.2, 0.25) is 10.0 Å². The lowest BCUT2D eigenvalue weighted by molar-refractivity contribution is -0.118. The van der Waals surface area contributed by atoms with Crippen molar-refractivity contribution in [2.24, 2.45) is 5.10 Å². The predicted octanol–water partition coefficient (Wildman–Crippen LogP) is 6.89. The number of fused-ring (bicyclic) bond motifs is 1. The number of benzene rings is 3. The molecule has 0 fully saturated rings. The largest absolute Gasteiger partial charge is 0.490 e. The molecule has 0 saturated carbocycles. The van der Waals surface area contributed by atoms with Crippen molar-refractivity contribution in [3.8, 4) is 11.5 Å². The zero-order valence-corrected chi connectivity index (χ0v) is 24.5. The number of carbonyl (C=O) groups excluding carboxylic acids is 1. The standard InChI is InChI=1S/C28H25BrCl2N4O4/c1-4-38-24-12-17(11-22(31)26(24)39-15-25(36)33-20-8-6-19(30)7-9-20)14-32-35-27(16(2)3)34-23-10-5-18(29)13-21(23)28(35)37/h5-14,16H,4,15H2,1-3H3,(H,33,36). The molecule has 0 radical (unpaired) electrons. The molecular weight excluding hydrogens is 607 g/mol. The third-order valence-corrected chi connectivity index (χ3v) is 6.51. The van der Waals surface area contributed by atoms with E-state index in [0.717, 1.165) is 4.47 Å². The minimum absolute atomic E-state index is 0.0553. The van der Waals surface area contributed by atoms with Gasteiger partial charge in [-0.3, -0.25) is 9.59 Å². The first kappa shape index (κ1) is 28.6. The van der Waals surface area contributed by atoms with E-state index in [-0.39, 0.29) is 34.8 Å². The fourth-order valence-corrected chi connectivity index (χ4v) is 4.47. The van der Waals surface area contributed by atoms with Gasteiger partial charge in [0.1, 0.15) is 5.82 Å². The van der Waals surface area contributed by atoms with Crippen LogP contribution in [0.1, 0.15) is 38.1 Å². The van der Waals surface area contributed by atoms with Crippen LogP contribution in [0.4, 0.5) is 5.69 Å². The molecule has 0 atom stereocenters. The van der Waals surface area contributed by atoms with Gasteiger partial charge in [-0.2, -0.15) is 9.78 Å². The number of hydrogen-bond donors (Lipinski definition) is 1. The van der Waals surface area contributed by atoms with Crippen LogP contribution in [0.15, 0.2) is 69.0 Å². The van der Waals surface area contributed by atoms with Crippen molar-refractivity contribution < 1.29 is 14.3 Å². The summed E-state index contributed by atoms with van der Waals surface area (Å²) in [5.74, 6) is 0.647. The predicted molar refractivity (Wildman–Crippen MR) is 159 cm³/mol. The number of nitrogens with zero attached hydrogens (tertiary/aromatic N) is 3. The Hall–Kier alpha value is -3.40. The normalized spacial score (nSPS) is 11.4. The first-order valence-corrected chi connectivity index (χ1v) is 13.6. The molecular formula is C28H25BrCl2N4O4. The number of halogens is 3. The molecule has 0 saturated heterocycles. The van der Waals surface area contributed by atoms with Crippen LogP contribution in [-0.2, 0) is 4.79 Å². The van der Waals surface area contributed by atoms with Gasteiger partial charge in [-0.05, 0) is 67.1 Å². The Kier molecular flexibility index (Phi) is 9.27. The Labute approximate surface area is 243 Å². The van der Waals surface area contributed by atoms with Crippen molar-refractivity contribution in [1.82, 2.24) is 9.66 Å². The molecule has 1 aromatic heterocycles. The second-order valence-corrected chi connectivity index (χ2v) is 10.5. The van der Waals surface area contributed by atoms with Gasteiger partial charge in [0.05, 0.1) is 28.7 Å². The van der Waals surface area contributed by atoms with Crippen molar-refractivity contribution in [3.63, 3.8) is 0 Å². The lowest BCUT2D eigenvalue weighted by Gasteiger charge is -2.15. The summed E-state index contributed by atoms with van der Waals surface area (Å²) in [6.45, 7) is 5.75. The van der Waals surface area contributed by atoms with Crippen LogP contribution in [0.3, 0.4) is 0 Å². The summed E-state index contributed by atoms with van der Waals surface area (Å²) in [5.41, 5.74) is 1.46. The lowest BCUT2D eigenvalue weighted by atomic mass is 10.2. The van der Waals surface area contributed by atoms with Crippen LogP contribution < -0.4 is 20.3 Å². The summed E-state index contributed by atoms with van der Waals surface area (Å²) < 4.78 is 13.5. The second-order valence-electron chi connectivity index (χ2n) is 8.75. The molecule has 0 aliphatic heterocycles. The number of ether oxygens (including phenoxy) is 2. The number of aromatic nitrogens is 2. The molecule has 0 spiro atoms. The van der Waals surface area contributed by atoms with Crippen LogP contribution in [0.5, 0.6) is 11.5 Å². The fraction of sp³-hybridized carbons (Fsp3) is 0.214. The van der Waals surface area contributed by atoms with Crippen molar-refractivity contribution in [1.29, 1.82) is 0 Å². The summed E-state index contributed by atoms with van der Waals surface area (Å²) in [6.07, 6.45) is 1.50. The van der Waals surface area contributed by atoms with Crippen LogP contribution in [-0.4, -0.2) is 35.0 Å². The van der Waals surface area contributed by atoms with E-state index in [1.165, 1.54) is 10.9 Å². The Morgan fingerprint density at radius 1 is 1.13 bits per heavy atom. The van der Waals surface area contributed by atoms with Gasteiger partial charge in [-0.25, -0.2) is 4.98 Å². The maximum Gasteiger partial charge on any atom is 0.282 e. The van der Waals surface area contributed by atoms with Gasteiger partial charge in [0, 0.05) is 21.1 Å². The summed E-state index contributed by atoms with van der Waals surface area (Å²) >= 11 is 15.8. The number of rotatable bonds is 9. The highest BCUT2D eigenvalue weighted by molar-refractivity contribution is 9.10. The fourth-order valence-electron chi connectivity index (χ4n) is 3.71. The topological polar surface area (TPSA) is 94.8 Å². The maximum absolute atomic E-state index is 13.3. The minimum atomic E-state index is -0.377. The van der Waals surface area contributed by atoms with Crippen LogP contribution in [0.25, 0.3) is 10.9 Å². The average molecular weight is 632 g/mol. The van der Waals surface area contributed by atoms with Gasteiger partial charge in [0.2, 0.25) is 0 Å². The highest BCUT2D eigenvalue weighted by Crippen LogP contribution is 2.36. The zero-order valence-electron chi connectivity index (χ0n) is 21.4. The molecule has 0 bridgehead atoms. The summed E-state index contributed by atoms with van der Waals surface area (Å²) in [6, 6.07) is 15.4. The van der Waals surface area contributed by atoms with E-state index in [1.54, 1.807) is 48.5 Å². The number of hydrogen-bond acceptors (Lipinski definition) is 6. The van der Waals surface area contributed by atoms with E-state index in [0.29, 0.717) is 45.4 Å². The minimum Gasteiger partial charge on any atom is -0.490 e. The maximum atomic E-state index is 13.3. The van der Waals surface area contributed by atoms with E-state index < -0.39 is 0 Å². The number of anilines is 1. The average Bonchev–Trinajstić information content (AvgIpc) is 2.89. The summed E-state index contributed by atoms with van der Waals surface area (Å²) in [4.78, 5) is 30.3. The Morgan fingerprint density at radius 3 is 2.56 bits per heavy atom. The first-order chi connectivity index (χ1) is 18.7. The third kappa shape index (κ3) is 6.98.